The number of anilines is 1. The Morgan fingerprint density at radius 1 is 1.26 bits per heavy atom. The zero-order chi connectivity index (χ0) is 14.3. The first-order valence-corrected chi connectivity index (χ1v) is 6.43. The summed E-state index contributed by atoms with van der Waals surface area (Å²) < 4.78 is 5.16. The normalized spacial score (nSPS) is 10.9. The third-order valence-electron chi connectivity index (χ3n) is 2.39. The number of carbonyl (C=O) groups excluding carboxylic acids is 2. The largest absolute Gasteiger partial charge is 0.444 e. The van der Waals surface area contributed by atoms with Gasteiger partial charge in [0, 0.05) is 12.1 Å². The first kappa shape index (κ1) is 15.2. The van der Waals surface area contributed by atoms with Gasteiger partial charge in [-0.3, -0.25) is 5.32 Å². The van der Waals surface area contributed by atoms with E-state index in [4.69, 9.17) is 4.74 Å². The lowest BCUT2D eigenvalue weighted by atomic mass is 10.1. The molecule has 4 nitrogen and oxygen atoms in total. The number of ether oxygens (including phenoxy) is 1. The number of benzene rings is 1. The van der Waals surface area contributed by atoms with Gasteiger partial charge in [-0.1, -0.05) is 12.1 Å². The molecule has 19 heavy (non-hydrogen) atoms. The average molecular weight is 263 g/mol. The number of rotatable bonds is 5. The van der Waals surface area contributed by atoms with E-state index in [1.165, 1.54) is 0 Å². The molecule has 0 heterocycles. The van der Waals surface area contributed by atoms with Crippen LogP contribution in [0.2, 0.25) is 0 Å². The second kappa shape index (κ2) is 6.92. The summed E-state index contributed by atoms with van der Waals surface area (Å²) in [4.78, 5) is 21.8. The molecule has 1 aromatic rings. The summed E-state index contributed by atoms with van der Waals surface area (Å²) >= 11 is 0. The van der Waals surface area contributed by atoms with Crippen molar-refractivity contribution >= 4 is 18.1 Å². The molecule has 0 aliphatic carbocycles. The lowest BCUT2D eigenvalue weighted by molar-refractivity contribution is -0.107. The average Bonchev–Trinajstić information content (AvgIpc) is 2.29. The molecule has 1 rings (SSSR count). The molecule has 0 fully saturated rings. The molecule has 4 heteroatoms. The van der Waals surface area contributed by atoms with Gasteiger partial charge in [0.2, 0.25) is 0 Å². The number of hydrogen-bond acceptors (Lipinski definition) is 3. The molecule has 0 aromatic heterocycles. The van der Waals surface area contributed by atoms with Gasteiger partial charge in [0.15, 0.2) is 0 Å². The summed E-state index contributed by atoms with van der Waals surface area (Å²) in [7, 11) is 0. The van der Waals surface area contributed by atoms with Gasteiger partial charge in [-0.15, -0.1) is 0 Å². The van der Waals surface area contributed by atoms with E-state index in [0.29, 0.717) is 12.1 Å². The SMILES string of the molecule is CC(C)(C)OC(=O)Nc1ccc(CCCC=O)cc1. The summed E-state index contributed by atoms with van der Waals surface area (Å²) in [6.07, 6.45) is 2.77. The Labute approximate surface area is 114 Å². The van der Waals surface area contributed by atoms with Crippen molar-refractivity contribution in [2.24, 2.45) is 0 Å². The lowest BCUT2D eigenvalue weighted by Crippen LogP contribution is -2.27. The van der Waals surface area contributed by atoms with Crippen LogP contribution in [0.1, 0.15) is 39.2 Å². The van der Waals surface area contributed by atoms with E-state index in [0.717, 1.165) is 24.7 Å². The Kier molecular flexibility index (Phi) is 5.55. The van der Waals surface area contributed by atoms with E-state index >= 15 is 0 Å². The molecule has 0 unspecified atom stereocenters. The molecule has 1 amide bonds. The molecule has 104 valence electrons. The van der Waals surface area contributed by atoms with E-state index in [9.17, 15) is 9.59 Å². The fourth-order valence-corrected chi connectivity index (χ4v) is 1.57. The lowest BCUT2D eigenvalue weighted by Gasteiger charge is -2.19. The third-order valence-corrected chi connectivity index (χ3v) is 2.39. The smallest absolute Gasteiger partial charge is 0.412 e. The molecule has 1 aromatic carbocycles. The van der Waals surface area contributed by atoms with Crippen LogP contribution in [0, 0.1) is 0 Å². The number of aldehydes is 1. The van der Waals surface area contributed by atoms with Crippen LogP contribution >= 0.6 is 0 Å². The van der Waals surface area contributed by atoms with Crippen molar-refractivity contribution in [1.82, 2.24) is 0 Å². The highest BCUT2D eigenvalue weighted by Crippen LogP contribution is 2.14. The molecule has 1 N–H and O–H groups in total. The van der Waals surface area contributed by atoms with E-state index in [-0.39, 0.29) is 0 Å². The van der Waals surface area contributed by atoms with Crippen molar-refractivity contribution in [3.05, 3.63) is 29.8 Å². The van der Waals surface area contributed by atoms with Gasteiger partial charge >= 0.3 is 6.09 Å². The molecule has 0 atom stereocenters. The minimum Gasteiger partial charge on any atom is -0.444 e. The second-order valence-corrected chi connectivity index (χ2v) is 5.38. The first-order chi connectivity index (χ1) is 8.90. The molecule has 0 saturated heterocycles. The quantitative estimate of drug-likeness (QED) is 0.653. The van der Waals surface area contributed by atoms with Gasteiger partial charge in [0.05, 0.1) is 0 Å². The highest BCUT2D eigenvalue weighted by molar-refractivity contribution is 5.84. The molecule has 0 radical (unpaired) electrons. The van der Waals surface area contributed by atoms with Crippen molar-refractivity contribution in [2.45, 2.75) is 45.6 Å². The number of amides is 1. The van der Waals surface area contributed by atoms with Gasteiger partial charge < -0.3 is 9.53 Å². The Balaban J connectivity index is 2.47. The van der Waals surface area contributed by atoms with Gasteiger partial charge in [0.1, 0.15) is 11.9 Å². The van der Waals surface area contributed by atoms with Crippen molar-refractivity contribution in [2.75, 3.05) is 5.32 Å². The number of hydrogen-bond donors (Lipinski definition) is 1. The maximum absolute atomic E-state index is 11.6. The van der Waals surface area contributed by atoms with Gasteiger partial charge in [-0.2, -0.15) is 0 Å². The van der Waals surface area contributed by atoms with Crippen LogP contribution in [0.5, 0.6) is 0 Å². The molecular weight excluding hydrogens is 242 g/mol. The monoisotopic (exact) mass is 263 g/mol. The van der Waals surface area contributed by atoms with Gasteiger partial charge in [-0.25, -0.2) is 4.79 Å². The zero-order valence-electron chi connectivity index (χ0n) is 11.7. The highest BCUT2D eigenvalue weighted by atomic mass is 16.6. The maximum Gasteiger partial charge on any atom is 0.412 e. The Hall–Kier alpha value is -1.84. The standard InChI is InChI=1S/C15H21NO3/c1-15(2,3)19-14(18)16-13-9-7-12(8-10-13)6-4-5-11-17/h7-11H,4-6H2,1-3H3,(H,16,18). The molecule has 0 saturated carbocycles. The zero-order valence-corrected chi connectivity index (χ0v) is 11.7. The van der Waals surface area contributed by atoms with E-state index in [1.807, 2.05) is 45.0 Å². The van der Waals surface area contributed by atoms with Gasteiger partial charge in [-0.05, 0) is 51.3 Å². The summed E-state index contributed by atoms with van der Waals surface area (Å²) in [5.74, 6) is 0. The Morgan fingerprint density at radius 3 is 2.42 bits per heavy atom. The summed E-state index contributed by atoms with van der Waals surface area (Å²) in [5, 5.41) is 2.68. The van der Waals surface area contributed by atoms with E-state index in [1.54, 1.807) is 0 Å². The fourth-order valence-electron chi connectivity index (χ4n) is 1.57. The van der Waals surface area contributed by atoms with Crippen LogP contribution in [-0.2, 0) is 16.0 Å². The van der Waals surface area contributed by atoms with Crippen LogP contribution < -0.4 is 5.32 Å². The summed E-state index contributed by atoms with van der Waals surface area (Å²) in [6.45, 7) is 5.47. The van der Waals surface area contributed by atoms with Crippen molar-refractivity contribution in [3.63, 3.8) is 0 Å². The number of unbranched alkanes of at least 4 members (excludes halogenated alkanes) is 1. The second-order valence-electron chi connectivity index (χ2n) is 5.38. The highest BCUT2D eigenvalue weighted by Gasteiger charge is 2.15. The van der Waals surface area contributed by atoms with Crippen LogP contribution in [-0.4, -0.2) is 18.0 Å². The predicted octanol–water partition coefficient (Wildman–Crippen LogP) is 3.56. The first-order valence-electron chi connectivity index (χ1n) is 6.43. The van der Waals surface area contributed by atoms with Gasteiger partial charge in [0.25, 0.3) is 0 Å². The number of nitrogens with one attached hydrogen (secondary N) is 1. The number of carbonyl (C=O) groups is 2. The van der Waals surface area contributed by atoms with Crippen molar-refractivity contribution in [1.29, 1.82) is 0 Å². The molecular formula is C15H21NO3. The molecule has 0 aliphatic rings. The van der Waals surface area contributed by atoms with Crippen LogP contribution in [0.15, 0.2) is 24.3 Å². The molecule has 0 aliphatic heterocycles. The Morgan fingerprint density at radius 2 is 1.89 bits per heavy atom. The van der Waals surface area contributed by atoms with Crippen LogP contribution in [0.3, 0.4) is 0 Å². The van der Waals surface area contributed by atoms with Crippen LogP contribution in [0.25, 0.3) is 0 Å². The minimum atomic E-state index is -0.501. The summed E-state index contributed by atoms with van der Waals surface area (Å²) in [6, 6.07) is 7.55. The summed E-state index contributed by atoms with van der Waals surface area (Å²) in [5.41, 5.74) is 1.35. The van der Waals surface area contributed by atoms with Crippen molar-refractivity contribution in [3.8, 4) is 0 Å². The topological polar surface area (TPSA) is 55.4 Å². The minimum absolute atomic E-state index is 0.457. The molecule has 0 bridgehead atoms. The Bertz CT molecular complexity index is 418. The van der Waals surface area contributed by atoms with E-state index < -0.39 is 11.7 Å². The third kappa shape index (κ3) is 6.60. The maximum atomic E-state index is 11.6. The fraction of sp³-hybridized carbons (Fsp3) is 0.467. The molecule has 0 spiro atoms. The van der Waals surface area contributed by atoms with Crippen molar-refractivity contribution < 1.29 is 14.3 Å². The van der Waals surface area contributed by atoms with E-state index in [2.05, 4.69) is 5.32 Å². The number of aryl methyl sites for hydroxylation is 1. The predicted molar refractivity (Wildman–Crippen MR) is 75.3 cm³/mol. The van der Waals surface area contributed by atoms with Crippen LogP contribution in [0.4, 0.5) is 10.5 Å².